The Hall–Kier alpha value is -1.94. The minimum atomic E-state index is -0.842. The lowest BCUT2D eigenvalue weighted by Gasteiger charge is -2.22. The van der Waals surface area contributed by atoms with E-state index in [4.69, 9.17) is 4.74 Å². The van der Waals surface area contributed by atoms with Gasteiger partial charge in [0.1, 0.15) is 0 Å². The average molecular weight is 301 g/mol. The Balaban J connectivity index is 2.08. The van der Waals surface area contributed by atoms with Gasteiger partial charge in [-0.05, 0) is 31.9 Å². The van der Waals surface area contributed by atoms with Gasteiger partial charge in [0.25, 0.3) is 0 Å². The Labute approximate surface area is 131 Å². The molecule has 0 radical (unpaired) electrons. The minimum Gasteiger partial charge on any atom is -0.346 e. The second kappa shape index (κ2) is 7.36. The topological polar surface area (TPSA) is 46.6 Å². The first kappa shape index (κ1) is 16.4. The van der Waals surface area contributed by atoms with Gasteiger partial charge in [-0.15, -0.1) is 0 Å². The van der Waals surface area contributed by atoms with Gasteiger partial charge < -0.3 is 4.74 Å². The van der Waals surface area contributed by atoms with Crippen molar-refractivity contribution < 1.29 is 14.3 Å². The summed E-state index contributed by atoms with van der Waals surface area (Å²) in [6, 6.07) is 7.13. The molecule has 0 saturated heterocycles. The number of para-hydroxylation sites is 1. The van der Waals surface area contributed by atoms with Gasteiger partial charge in [-0.1, -0.05) is 37.1 Å². The van der Waals surface area contributed by atoms with Crippen LogP contribution >= 0.6 is 0 Å². The Kier molecular flexibility index (Phi) is 5.50. The lowest BCUT2D eigenvalue weighted by atomic mass is 10.1. The summed E-state index contributed by atoms with van der Waals surface area (Å²) in [6.07, 6.45) is 4.49. The molecule has 1 unspecified atom stereocenters. The number of anilines is 1. The fourth-order valence-electron chi connectivity index (χ4n) is 2.59. The number of carbonyl (C=O) groups is 2. The van der Waals surface area contributed by atoms with Crippen LogP contribution in [0.15, 0.2) is 35.9 Å². The van der Waals surface area contributed by atoms with Crippen LogP contribution in [0.3, 0.4) is 0 Å². The van der Waals surface area contributed by atoms with Crippen molar-refractivity contribution >= 4 is 17.4 Å². The van der Waals surface area contributed by atoms with Gasteiger partial charge in [-0.3, -0.25) is 14.5 Å². The maximum absolute atomic E-state index is 12.4. The minimum absolute atomic E-state index is 0.148. The van der Waals surface area contributed by atoms with Crippen LogP contribution in [0.25, 0.3) is 0 Å². The average Bonchev–Trinajstić information content (AvgIpc) is 2.78. The molecule has 0 saturated carbocycles. The molecule has 22 heavy (non-hydrogen) atoms. The van der Waals surface area contributed by atoms with E-state index in [0.717, 1.165) is 19.3 Å². The number of allylic oxidation sites excluding steroid dienone is 1. The second-order valence-electron chi connectivity index (χ2n) is 5.61. The zero-order valence-corrected chi connectivity index (χ0v) is 13.5. The fourth-order valence-corrected chi connectivity index (χ4v) is 2.59. The number of Topliss-reactive ketones (excluding diaryl/α,β-unsaturated/α-hetero) is 1. The van der Waals surface area contributed by atoms with Crippen LogP contribution in [0.5, 0.6) is 0 Å². The molecule has 0 fully saturated rings. The lowest BCUT2D eigenvalue weighted by Crippen LogP contribution is -2.40. The summed E-state index contributed by atoms with van der Waals surface area (Å²) in [4.78, 5) is 25.7. The first-order valence-corrected chi connectivity index (χ1v) is 7.76. The Bertz CT molecular complexity index is 592. The number of rotatable bonds is 6. The summed E-state index contributed by atoms with van der Waals surface area (Å²) < 4.78 is 5.70. The summed E-state index contributed by atoms with van der Waals surface area (Å²) in [5.74, 6) is -0.333. The number of unbranched alkanes of at least 4 members (excludes halogenated alkanes) is 1. The highest BCUT2D eigenvalue weighted by molar-refractivity contribution is 6.16. The number of benzene rings is 1. The predicted octanol–water partition coefficient (Wildman–Crippen LogP) is 3.72. The van der Waals surface area contributed by atoms with Crippen LogP contribution in [0.2, 0.25) is 0 Å². The van der Waals surface area contributed by atoms with E-state index in [1.165, 1.54) is 17.4 Å². The number of hydrogen-bond acceptors (Lipinski definition) is 3. The van der Waals surface area contributed by atoms with Crippen molar-refractivity contribution in [3.63, 3.8) is 0 Å². The molecule has 1 aliphatic rings. The SMILES string of the molecule is CCCC/C(C)=C\COC1C(=O)c2ccccc2N1C(C)=O. The monoisotopic (exact) mass is 301 g/mol. The van der Waals surface area contributed by atoms with E-state index in [-0.39, 0.29) is 11.7 Å². The molecular formula is C18H23NO3. The van der Waals surface area contributed by atoms with Crippen molar-refractivity contribution in [3.05, 3.63) is 41.5 Å². The highest BCUT2D eigenvalue weighted by Crippen LogP contribution is 2.32. The van der Waals surface area contributed by atoms with Crippen molar-refractivity contribution in [1.29, 1.82) is 0 Å². The van der Waals surface area contributed by atoms with Crippen molar-refractivity contribution in [3.8, 4) is 0 Å². The molecule has 1 atom stereocenters. The third-order valence-corrected chi connectivity index (χ3v) is 3.84. The smallest absolute Gasteiger partial charge is 0.226 e. The number of amides is 1. The summed E-state index contributed by atoms with van der Waals surface area (Å²) in [7, 11) is 0. The molecule has 4 heteroatoms. The first-order chi connectivity index (χ1) is 10.6. The predicted molar refractivity (Wildman–Crippen MR) is 87.0 cm³/mol. The van der Waals surface area contributed by atoms with Crippen LogP contribution in [0, 0.1) is 0 Å². The summed E-state index contributed by atoms with van der Waals surface area (Å²) in [6.45, 7) is 6.01. The molecule has 1 aromatic carbocycles. The molecule has 0 aliphatic carbocycles. The first-order valence-electron chi connectivity index (χ1n) is 7.76. The molecule has 1 aromatic rings. The number of nitrogens with zero attached hydrogens (tertiary/aromatic N) is 1. The van der Waals surface area contributed by atoms with Crippen LogP contribution in [-0.4, -0.2) is 24.5 Å². The maximum Gasteiger partial charge on any atom is 0.226 e. The molecule has 2 rings (SSSR count). The molecule has 1 amide bonds. The van der Waals surface area contributed by atoms with Gasteiger partial charge >= 0.3 is 0 Å². The zero-order chi connectivity index (χ0) is 16.1. The molecular weight excluding hydrogens is 278 g/mol. The second-order valence-corrected chi connectivity index (χ2v) is 5.61. The number of fused-ring (bicyclic) bond motifs is 1. The highest BCUT2D eigenvalue weighted by Gasteiger charge is 2.39. The van der Waals surface area contributed by atoms with E-state index in [0.29, 0.717) is 17.9 Å². The molecule has 0 spiro atoms. The van der Waals surface area contributed by atoms with Gasteiger partial charge in [0.2, 0.25) is 17.9 Å². The molecule has 0 bridgehead atoms. The molecule has 1 aliphatic heterocycles. The Morgan fingerprint density at radius 1 is 1.32 bits per heavy atom. The van der Waals surface area contributed by atoms with Crippen LogP contribution < -0.4 is 4.90 Å². The molecule has 4 nitrogen and oxygen atoms in total. The van der Waals surface area contributed by atoms with E-state index in [1.807, 2.05) is 12.1 Å². The van der Waals surface area contributed by atoms with E-state index in [9.17, 15) is 9.59 Å². The largest absolute Gasteiger partial charge is 0.346 e. The van der Waals surface area contributed by atoms with Gasteiger partial charge in [-0.2, -0.15) is 0 Å². The summed E-state index contributed by atoms with van der Waals surface area (Å²) in [5, 5.41) is 0. The number of ether oxygens (including phenoxy) is 1. The standard InChI is InChI=1S/C18H23NO3/c1-4-5-8-13(2)11-12-22-18-17(21)15-9-6-7-10-16(15)19(18)14(3)20/h6-7,9-11,18H,4-5,8,12H2,1-3H3/b13-11-. The summed E-state index contributed by atoms with van der Waals surface area (Å²) in [5.41, 5.74) is 2.44. The molecule has 118 valence electrons. The van der Waals surface area contributed by atoms with Crippen LogP contribution in [0.4, 0.5) is 5.69 Å². The van der Waals surface area contributed by atoms with Gasteiger partial charge in [0.15, 0.2) is 0 Å². The zero-order valence-electron chi connectivity index (χ0n) is 13.5. The summed E-state index contributed by atoms with van der Waals surface area (Å²) >= 11 is 0. The van der Waals surface area contributed by atoms with E-state index in [2.05, 4.69) is 13.8 Å². The van der Waals surface area contributed by atoms with Crippen molar-refractivity contribution in [1.82, 2.24) is 0 Å². The number of ketones is 1. The van der Waals surface area contributed by atoms with Gasteiger partial charge in [0.05, 0.1) is 12.3 Å². The number of carbonyl (C=O) groups excluding carboxylic acids is 2. The van der Waals surface area contributed by atoms with Crippen LogP contribution in [0.1, 0.15) is 50.4 Å². The Morgan fingerprint density at radius 3 is 2.73 bits per heavy atom. The third kappa shape index (κ3) is 3.45. The quantitative estimate of drug-likeness (QED) is 0.752. The van der Waals surface area contributed by atoms with Crippen LogP contribution in [-0.2, 0) is 9.53 Å². The van der Waals surface area contributed by atoms with Gasteiger partial charge in [0, 0.05) is 12.5 Å². The highest BCUT2D eigenvalue weighted by atomic mass is 16.5. The third-order valence-electron chi connectivity index (χ3n) is 3.84. The van der Waals surface area contributed by atoms with Gasteiger partial charge in [-0.25, -0.2) is 0 Å². The van der Waals surface area contributed by atoms with E-state index >= 15 is 0 Å². The Morgan fingerprint density at radius 2 is 2.05 bits per heavy atom. The molecule has 1 heterocycles. The van der Waals surface area contributed by atoms with Crippen molar-refractivity contribution in [2.24, 2.45) is 0 Å². The molecule has 0 aromatic heterocycles. The van der Waals surface area contributed by atoms with Crippen molar-refractivity contribution in [2.45, 2.75) is 46.3 Å². The van der Waals surface area contributed by atoms with E-state index in [1.54, 1.807) is 18.2 Å². The van der Waals surface area contributed by atoms with E-state index < -0.39 is 6.23 Å². The van der Waals surface area contributed by atoms with Crippen molar-refractivity contribution in [2.75, 3.05) is 11.5 Å². The molecule has 0 N–H and O–H groups in total. The fraction of sp³-hybridized carbons (Fsp3) is 0.444. The number of hydrogen-bond donors (Lipinski definition) is 0. The lowest BCUT2D eigenvalue weighted by molar-refractivity contribution is -0.118. The normalized spacial score (nSPS) is 17.8. The maximum atomic E-state index is 12.4.